The third kappa shape index (κ3) is 7.54. The maximum Gasteiger partial charge on any atom is 0.416 e. The van der Waals surface area contributed by atoms with Crippen LogP contribution >= 0.6 is 36.4 Å². The van der Waals surface area contributed by atoms with Crippen LogP contribution in [-0.2, 0) is 24.1 Å². The van der Waals surface area contributed by atoms with Gasteiger partial charge >= 0.3 is 6.18 Å². The number of benzene rings is 3. The van der Waals surface area contributed by atoms with E-state index in [0.29, 0.717) is 43.3 Å². The molecule has 1 fully saturated rings. The van der Waals surface area contributed by atoms with Crippen molar-refractivity contribution in [3.63, 3.8) is 0 Å². The number of nitrogens with zero attached hydrogens (tertiary/aromatic N) is 4. The van der Waals surface area contributed by atoms with Crippen LogP contribution in [0.1, 0.15) is 16.8 Å². The van der Waals surface area contributed by atoms with Crippen molar-refractivity contribution in [3.8, 4) is 16.9 Å². The second-order valence-electron chi connectivity index (χ2n) is 9.36. The van der Waals surface area contributed by atoms with Crippen LogP contribution in [0.5, 0.6) is 5.75 Å². The smallest absolute Gasteiger partial charge is 0.416 e. The number of amides is 1. The Morgan fingerprint density at radius 3 is 2.39 bits per heavy atom. The first-order valence-electron chi connectivity index (χ1n) is 12.3. The molecular weight excluding hydrogens is 600 g/mol. The number of carbonyl (C=O) groups is 1. The van der Waals surface area contributed by atoms with E-state index in [1.54, 1.807) is 29.6 Å². The molecule has 0 spiro atoms. The van der Waals surface area contributed by atoms with Crippen molar-refractivity contribution in [1.29, 1.82) is 0 Å². The number of imidazole rings is 1. The van der Waals surface area contributed by atoms with Crippen molar-refractivity contribution in [1.82, 2.24) is 14.5 Å². The van der Waals surface area contributed by atoms with Gasteiger partial charge in [-0.1, -0.05) is 48.0 Å². The van der Waals surface area contributed by atoms with Crippen LogP contribution in [0, 0.1) is 0 Å². The number of piperazine rings is 1. The molecule has 0 N–H and O–H groups in total. The van der Waals surface area contributed by atoms with Crippen molar-refractivity contribution >= 4 is 48.0 Å². The standard InChI is InChI=1S/C29H26ClF3N4O2.2ClH/c1-39-27-13-22(29(31,32)33)9-10-26(27)21-7-5-20(6-8-21)16-36-19-34-15-25(36)17-35-11-12-37(28(38)18-35)24-4-2-3-23(30)14-24;;/h2-10,13-15,19H,11-12,16-18H2,1H3;2*1H. The largest absolute Gasteiger partial charge is 0.496 e. The maximum atomic E-state index is 13.1. The van der Waals surface area contributed by atoms with Gasteiger partial charge < -0.3 is 14.2 Å². The molecule has 6 nitrogen and oxygen atoms in total. The molecule has 0 atom stereocenters. The second kappa shape index (κ2) is 13.6. The van der Waals surface area contributed by atoms with E-state index >= 15 is 0 Å². The fourth-order valence-corrected chi connectivity index (χ4v) is 4.90. The van der Waals surface area contributed by atoms with Gasteiger partial charge in [0.2, 0.25) is 5.91 Å². The van der Waals surface area contributed by atoms with Crippen molar-refractivity contribution in [3.05, 3.63) is 101 Å². The fraction of sp³-hybridized carbons (Fsp3) is 0.241. The maximum absolute atomic E-state index is 13.1. The molecule has 0 saturated carbocycles. The summed E-state index contributed by atoms with van der Waals surface area (Å²) < 4.78 is 46.5. The summed E-state index contributed by atoms with van der Waals surface area (Å²) in [6, 6.07) is 18.4. The Hall–Kier alpha value is -3.24. The number of halogens is 6. The Morgan fingerprint density at radius 1 is 0.976 bits per heavy atom. The molecule has 1 saturated heterocycles. The van der Waals surface area contributed by atoms with E-state index < -0.39 is 11.7 Å². The predicted octanol–water partition coefficient (Wildman–Crippen LogP) is 6.97. The predicted molar refractivity (Wildman–Crippen MR) is 158 cm³/mol. The molecule has 3 aromatic carbocycles. The minimum absolute atomic E-state index is 0. The average molecular weight is 628 g/mol. The number of ether oxygens (including phenoxy) is 1. The van der Waals surface area contributed by atoms with E-state index in [0.717, 1.165) is 34.6 Å². The molecule has 1 aliphatic heterocycles. The molecule has 2 heterocycles. The molecule has 1 aliphatic rings. The van der Waals surface area contributed by atoms with Gasteiger partial charge in [-0.15, -0.1) is 24.8 Å². The third-order valence-corrected chi connectivity index (χ3v) is 6.99. The second-order valence-corrected chi connectivity index (χ2v) is 9.79. The monoisotopic (exact) mass is 626 g/mol. The van der Waals surface area contributed by atoms with E-state index in [-0.39, 0.29) is 36.5 Å². The quantitative estimate of drug-likeness (QED) is 0.222. The van der Waals surface area contributed by atoms with Gasteiger partial charge in [0.15, 0.2) is 0 Å². The summed E-state index contributed by atoms with van der Waals surface area (Å²) in [5.41, 5.74) is 3.38. The summed E-state index contributed by atoms with van der Waals surface area (Å²) in [6.45, 7) is 2.72. The summed E-state index contributed by atoms with van der Waals surface area (Å²) in [6.07, 6.45) is -0.878. The normalized spacial score (nSPS) is 13.9. The van der Waals surface area contributed by atoms with Gasteiger partial charge in [0, 0.05) is 48.6 Å². The molecule has 0 radical (unpaired) electrons. The van der Waals surface area contributed by atoms with Gasteiger partial charge in [-0.2, -0.15) is 13.2 Å². The molecule has 0 bridgehead atoms. The lowest BCUT2D eigenvalue weighted by molar-refractivity contribution is -0.137. The Balaban J connectivity index is 0.00000231. The lowest BCUT2D eigenvalue weighted by Crippen LogP contribution is -2.50. The molecule has 12 heteroatoms. The van der Waals surface area contributed by atoms with Gasteiger partial charge in [0.05, 0.1) is 31.2 Å². The number of anilines is 1. The van der Waals surface area contributed by atoms with E-state index in [4.69, 9.17) is 16.3 Å². The minimum Gasteiger partial charge on any atom is -0.496 e. The number of hydrogen-bond donors (Lipinski definition) is 0. The topological polar surface area (TPSA) is 50.6 Å². The Labute approximate surface area is 253 Å². The molecule has 218 valence electrons. The highest BCUT2D eigenvalue weighted by molar-refractivity contribution is 6.30. The Bertz CT molecular complexity index is 1480. The zero-order valence-corrected chi connectivity index (χ0v) is 24.4. The number of hydrogen-bond acceptors (Lipinski definition) is 4. The summed E-state index contributed by atoms with van der Waals surface area (Å²) in [7, 11) is 1.36. The molecular formula is C29H28Cl3F3N4O2. The molecule has 5 rings (SSSR count). The number of alkyl halides is 3. The highest BCUT2D eigenvalue weighted by Gasteiger charge is 2.31. The highest BCUT2D eigenvalue weighted by atomic mass is 35.5. The first-order valence-corrected chi connectivity index (χ1v) is 12.7. The van der Waals surface area contributed by atoms with Gasteiger partial charge in [-0.25, -0.2) is 4.98 Å². The summed E-state index contributed by atoms with van der Waals surface area (Å²) >= 11 is 6.09. The van der Waals surface area contributed by atoms with Crippen LogP contribution < -0.4 is 9.64 Å². The van der Waals surface area contributed by atoms with Crippen molar-refractivity contribution in [2.45, 2.75) is 19.3 Å². The molecule has 1 aromatic heterocycles. The molecule has 0 unspecified atom stereocenters. The molecule has 1 amide bonds. The van der Waals surface area contributed by atoms with Crippen molar-refractivity contribution in [2.75, 3.05) is 31.6 Å². The summed E-state index contributed by atoms with van der Waals surface area (Å²) in [4.78, 5) is 21.0. The average Bonchev–Trinajstić information content (AvgIpc) is 3.34. The molecule has 0 aliphatic carbocycles. The van der Waals surface area contributed by atoms with Gasteiger partial charge in [-0.3, -0.25) is 9.69 Å². The highest BCUT2D eigenvalue weighted by Crippen LogP contribution is 2.37. The van der Waals surface area contributed by atoms with Crippen LogP contribution in [0.15, 0.2) is 79.3 Å². The lowest BCUT2D eigenvalue weighted by atomic mass is 10.0. The third-order valence-electron chi connectivity index (χ3n) is 6.75. The van der Waals surface area contributed by atoms with Crippen molar-refractivity contribution in [2.24, 2.45) is 0 Å². The number of rotatable bonds is 7. The SMILES string of the molecule is COc1cc(C(F)(F)F)ccc1-c1ccc(Cn2cncc2CN2CCN(c3cccc(Cl)c3)C(=O)C2)cc1.Cl.Cl. The van der Waals surface area contributed by atoms with Gasteiger partial charge in [0.25, 0.3) is 0 Å². The first-order chi connectivity index (χ1) is 18.7. The molecule has 4 aromatic rings. The number of carbonyl (C=O) groups excluding carboxylic acids is 1. The zero-order chi connectivity index (χ0) is 27.6. The number of methoxy groups -OCH3 is 1. The van der Waals surface area contributed by atoms with Crippen LogP contribution in [0.3, 0.4) is 0 Å². The van der Waals surface area contributed by atoms with E-state index in [1.165, 1.54) is 13.2 Å². The summed E-state index contributed by atoms with van der Waals surface area (Å²) in [5, 5.41) is 0.596. The first kappa shape index (κ1) is 32.3. The Morgan fingerprint density at radius 2 is 1.73 bits per heavy atom. The fourth-order valence-electron chi connectivity index (χ4n) is 4.72. The van der Waals surface area contributed by atoms with Crippen LogP contribution in [0.2, 0.25) is 5.02 Å². The van der Waals surface area contributed by atoms with E-state index in [2.05, 4.69) is 9.88 Å². The van der Waals surface area contributed by atoms with Crippen LogP contribution in [-0.4, -0.2) is 47.1 Å². The van der Waals surface area contributed by atoms with E-state index in [1.807, 2.05) is 41.0 Å². The van der Waals surface area contributed by atoms with Crippen LogP contribution in [0.25, 0.3) is 11.1 Å². The number of aromatic nitrogens is 2. The van der Waals surface area contributed by atoms with E-state index in [9.17, 15) is 18.0 Å². The van der Waals surface area contributed by atoms with Gasteiger partial charge in [-0.05, 0) is 41.5 Å². The van der Waals surface area contributed by atoms with Crippen LogP contribution in [0.4, 0.5) is 18.9 Å². The van der Waals surface area contributed by atoms with Gasteiger partial charge in [0.1, 0.15) is 5.75 Å². The molecule has 41 heavy (non-hydrogen) atoms. The zero-order valence-electron chi connectivity index (χ0n) is 22.0. The Kier molecular flexibility index (Phi) is 10.7. The lowest BCUT2D eigenvalue weighted by Gasteiger charge is -2.34. The van der Waals surface area contributed by atoms with Crippen molar-refractivity contribution < 1.29 is 22.7 Å². The summed E-state index contributed by atoms with van der Waals surface area (Å²) in [5.74, 6) is 0.184. The minimum atomic E-state index is -4.44.